The maximum absolute atomic E-state index is 11.8. The number of hydrogen-bond donors (Lipinski definition) is 3. The van der Waals surface area contributed by atoms with Gasteiger partial charge in [0, 0.05) is 6.54 Å². The van der Waals surface area contributed by atoms with Crippen LogP contribution in [0.15, 0.2) is 0 Å². The maximum Gasteiger partial charge on any atom is 0.326 e. The van der Waals surface area contributed by atoms with E-state index < -0.39 is 12.0 Å². The Labute approximate surface area is 115 Å². The molecule has 1 aliphatic carbocycles. The van der Waals surface area contributed by atoms with Crippen LogP contribution in [0.4, 0.5) is 4.79 Å². The number of carbonyl (C=O) groups excluding carboxylic acids is 1. The molecule has 0 aromatic rings. The van der Waals surface area contributed by atoms with Crippen molar-refractivity contribution in [2.45, 2.75) is 52.5 Å². The fourth-order valence-corrected chi connectivity index (χ4v) is 2.62. The highest BCUT2D eigenvalue weighted by atomic mass is 16.4. The number of urea groups is 1. The molecule has 4 atom stereocenters. The van der Waals surface area contributed by atoms with E-state index in [1.165, 1.54) is 12.8 Å². The molecule has 110 valence electrons. The van der Waals surface area contributed by atoms with Gasteiger partial charge < -0.3 is 15.7 Å². The number of hydrogen-bond acceptors (Lipinski definition) is 2. The van der Waals surface area contributed by atoms with Gasteiger partial charge in [-0.2, -0.15) is 0 Å². The van der Waals surface area contributed by atoms with Crippen LogP contribution in [-0.4, -0.2) is 29.7 Å². The Morgan fingerprint density at radius 1 is 1.37 bits per heavy atom. The maximum atomic E-state index is 11.8. The van der Waals surface area contributed by atoms with Gasteiger partial charge in [0.2, 0.25) is 0 Å². The van der Waals surface area contributed by atoms with Crippen molar-refractivity contribution in [1.82, 2.24) is 10.6 Å². The monoisotopic (exact) mass is 270 g/mol. The molecule has 0 aromatic carbocycles. The fraction of sp³-hybridized carbons (Fsp3) is 0.857. The summed E-state index contributed by atoms with van der Waals surface area (Å²) in [7, 11) is 0. The molecule has 2 amide bonds. The second kappa shape index (κ2) is 7.36. The van der Waals surface area contributed by atoms with Crippen LogP contribution in [-0.2, 0) is 4.79 Å². The van der Waals surface area contributed by atoms with Crippen LogP contribution < -0.4 is 10.6 Å². The predicted octanol–water partition coefficient (Wildman–Crippen LogP) is 2.22. The molecule has 2 unspecified atom stereocenters. The molecule has 1 saturated carbocycles. The Balaban J connectivity index is 2.38. The standard InChI is InChI=1S/C14H26N2O3/c1-4-9(2)12(13(17)18)16-14(19)15-8-11-7-5-6-10(11)3/h9-12H,4-8H2,1-3H3,(H,17,18)(H2,15,16,19)/t9-,10?,11?,12-/m0/s1. The highest BCUT2D eigenvalue weighted by Gasteiger charge is 2.27. The molecule has 19 heavy (non-hydrogen) atoms. The number of amides is 2. The molecule has 0 aliphatic heterocycles. The number of aliphatic carboxylic acids is 1. The lowest BCUT2D eigenvalue weighted by Crippen LogP contribution is -2.49. The van der Waals surface area contributed by atoms with Crippen molar-refractivity contribution >= 4 is 12.0 Å². The van der Waals surface area contributed by atoms with Crippen molar-refractivity contribution in [1.29, 1.82) is 0 Å². The van der Waals surface area contributed by atoms with Gasteiger partial charge in [-0.1, -0.05) is 40.0 Å². The third-order valence-corrected chi connectivity index (χ3v) is 4.33. The summed E-state index contributed by atoms with van der Waals surface area (Å²) in [4.78, 5) is 22.9. The largest absolute Gasteiger partial charge is 0.480 e. The zero-order chi connectivity index (χ0) is 14.4. The first-order chi connectivity index (χ1) is 8.95. The van der Waals surface area contributed by atoms with E-state index in [0.29, 0.717) is 18.4 Å². The second-order valence-electron chi connectivity index (χ2n) is 5.72. The molecule has 1 aliphatic rings. The Hall–Kier alpha value is -1.26. The van der Waals surface area contributed by atoms with Crippen LogP contribution in [0.1, 0.15) is 46.5 Å². The first kappa shape index (κ1) is 15.8. The summed E-state index contributed by atoms with van der Waals surface area (Å²) in [5.41, 5.74) is 0. The van der Waals surface area contributed by atoms with Gasteiger partial charge in [0.05, 0.1) is 0 Å². The smallest absolute Gasteiger partial charge is 0.326 e. The lowest BCUT2D eigenvalue weighted by Gasteiger charge is -2.22. The zero-order valence-electron chi connectivity index (χ0n) is 12.1. The first-order valence-corrected chi connectivity index (χ1v) is 7.22. The average molecular weight is 270 g/mol. The van der Waals surface area contributed by atoms with Crippen LogP contribution in [0.2, 0.25) is 0 Å². The molecule has 1 rings (SSSR count). The quantitative estimate of drug-likeness (QED) is 0.692. The van der Waals surface area contributed by atoms with Gasteiger partial charge in [-0.05, 0) is 24.2 Å². The highest BCUT2D eigenvalue weighted by molar-refractivity contribution is 5.82. The van der Waals surface area contributed by atoms with Crippen LogP contribution in [0, 0.1) is 17.8 Å². The summed E-state index contributed by atoms with van der Waals surface area (Å²) < 4.78 is 0. The predicted molar refractivity (Wildman–Crippen MR) is 73.9 cm³/mol. The van der Waals surface area contributed by atoms with Gasteiger partial charge in [-0.3, -0.25) is 0 Å². The van der Waals surface area contributed by atoms with Crippen LogP contribution >= 0.6 is 0 Å². The first-order valence-electron chi connectivity index (χ1n) is 7.22. The average Bonchev–Trinajstić information content (AvgIpc) is 2.77. The molecule has 5 heteroatoms. The summed E-state index contributed by atoms with van der Waals surface area (Å²) in [5, 5.41) is 14.5. The van der Waals surface area contributed by atoms with E-state index in [9.17, 15) is 9.59 Å². The summed E-state index contributed by atoms with van der Waals surface area (Å²) in [6.07, 6.45) is 4.31. The van der Waals surface area contributed by atoms with Crippen molar-refractivity contribution in [3.8, 4) is 0 Å². The van der Waals surface area contributed by atoms with Gasteiger partial charge in [0.15, 0.2) is 0 Å². The molecule has 5 nitrogen and oxygen atoms in total. The van der Waals surface area contributed by atoms with E-state index in [4.69, 9.17) is 5.11 Å². The molecule has 0 bridgehead atoms. The fourth-order valence-electron chi connectivity index (χ4n) is 2.62. The van der Waals surface area contributed by atoms with Crippen molar-refractivity contribution in [2.75, 3.05) is 6.54 Å². The highest BCUT2D eigenvalue weighted by Crippen LogP contribution is 2.30. The van der Waals surface area contributed by atoms with Gasteiger partial charge in [-0.25, -0.2) is 9.59 Å². The van der Waals surface area contributed by atoms with E-state index in [1.54, 1.807) is 0 Å². The Kier molecular flexibility index (Phi) is 6.12. The number of carbonyl (C=O) groups is 2. The van der Waals surface area contributed by atoms with Gasteiger partial charge >= 0.3 is 12.0 Å². The van der Waals surface area contributed by atoms with Crippen LogP contribution in [0.5, 0.6) is 0 Å². The molecular formula is C14H26N2O3. The SMILES string of the molecule is CC[C@H](C)[C@H](NC(=O)NCC1CCCC1C)C(=O)O. The van der Waals surface area contributed by atoms with Crippen molar-refractivity contribution in [3.63, 3.8) is 0 Å². The number of nitrogens with one attached hydrogen (secondary N) is 2. The Bertz CT molecular complexity index is 320. The Morgan fingerprint density at radius 3 is 2.53 bits per heavy atom. The normalized spacial score (nSPS) is 25.6. The lowest BCUT2D eigenvalue weighted by molar-refractivity contribution is -0.140. The van der Waals surface area contributed by atoms with E-state index in [0.717, 1.165) is 12.8 Å². The molecule has 0 aromatic heterocycles. The van der Waals surface area contributed by atoms with Gasteiger partial charge in [0.1, 0.15) is 6.04 Å². The Morgan fingerprint density at radius 2 is 2.05 bits per heavy atom. The molecule has 0 spiro atoms. The molecule has 1 fully saturated rings. The number of carboxylic acids is 1. The molecule has 3 N–H and O–H groups in total. The summed E-state index contributed by atoms with van der Waals surface area (Å²) in [6.45, 7) is 6.59. The van der Waals surface area contributed by atoms with Gasteiger partial charge in [0.25, 0.3) is 0 Å². The van der Waals surface area contributed by atoms with Crippen LogP contribution in [0.3, 0.4) is 0 Å². The molecular weight excluding hydrogens is 244 g/mol. The van der Waals surface area contributed by atoms with Crippen molar-refractivity contribution < 1.29 is 14.7 Å². The molecule has 0 saturated heterocycles. The third kappa shape index (κ3) is 4.73. The van der Waals surface area contributed by atoms with Crippen LogP contribution in [0.25, 0.3) is 0 Å². The third-order valence-electron chi connectivity index (χ3n) is 4.33. The minimum Gasteiger partial charge on any atom is -0.480 e. The van der Waals surface area contributed by atoms with E-state index in [2.05, 4.69) is 17.6 Å². The van der Waals surface area contributed by atoms with Gasteiger partial charge in [-0.15, -0.1) is 0 Å². The summed E-state index contributed by atoms with van der Waals surface area (Å²) in [5.74, 6) is 0.121. The number of carboxylic acid groups (broad SMARTS) is 1. The minimum absolute atomic E-state index is 0.0753. The van der Waals surface area contributed by atoms with E-state index in [-0.39, 0.29) is 11.9 Å². The number of rotatable bonds is 6. The lowest BCUT2D eigenvalue weighted by atomic mass is 9.98. The summed E-state index contributed by atoms with van der Waals surface area (Å²) in [6, 6.07) is -1.18. The second-order valence-corrected chi connectivity index (χ2v) is 5.72. The van der Waals surface area contributed by atoms with E-state index >= 15 is 0 Å². The van der Waals surface area contributed by atoms with E-state index in [1.807, 2.05) is 13.8 Å². The molecule has 0 heterocycles. The summed E-state index contributed by atoms with van der Waals surface area (Å²) >= 11 is 0. The topological polar surface area (TPSA) is 78.4 Å². The zero-order valence-corrected chi connectivity index (χ0v) is 12.1. The van der Waals surface area contributed by atoms with Crippen molar-refractivity contribution in [3.05, 3.63) is 0 Å². The molecule has 0 radical (unpaired) electrons. The van der Waals surface area contributed by atoms with Crippen molar-refractivity contribution in [2.24, 2.45) is 17.8 Å². The minimum atomic E-state index is -0.973.